The Bertz CT molecular complexity index is 1070. The maximum atomic E-state index is 12.5. The maximum absolute atomic E-state index is 12.5. The monoisotopic (exact) mass is 562 g/mol. The van der Waals surface area contributed by atoms with Crippen molar-refractivity contribution >= 4 is 26.2 Å². The molecule has 8 nitrogen and oxygen atoms in total. The van der Waals surface area contributed by atoms with Gasteiger partial charge in [-0.2, -0.15) is 16.8 Å². The van der Waals surface area contributed by atoms with Crippen molar-refractivity contribution in [2.24, 2.45) is 46.3 Å². The third kappa shape index (κ3) is 5.64. The summed E-state index contributed by atoms with van der Waals surface area (Å²) in [5.41, 5.74) is -0.466. The van der Waals surface area contributed by atoms with Crippen LogP contribution in [0.3, 0.4) is 0 Å². The molecular formula is C27H46O8S2. The van der Waals surface area contributed by atoms with Crippen LogP contribution in [0.1, 0.15) is 85.0 Å². The Labute approximate surface area is 223 Å². The van der Waals surface area contributed by atoms with Crippen LogP contribution in [-0.4, -0.2) is 54.6 Å². The first-order valence-corrected chi connectivity index (χ1v) is 17.6. The topological polar surface area (TPSA) is 113 Å². The van der Waals surface area contributed by atoms with Crippen LogP contribution in [0.5, 0.6) is 0 Å². The molecule has 37 heavy (non-hydrogen) atoms. The van der Waals surface area contributed by atoms with Gasteiger partial charge in [0.25, 0.3) is 20.2 Å². The van der Waals surface area contributed by atoms with Crippen molar-refractivity contribution in [2.75, 3.05) is 19.6 Å². The summed E-state index contributed by atoms with van der Waals surface area (Å²) >= 11 is 0. The predicted molar refractivity (Wildman–Crippen MR) is 140 cm³/mol. The Morgan fingerprint density at radius 1 is 0.946 bits per heavy atom. The SMILES string of the molecule is COC(=O)CC[C@@H](C)[C@H]1CC[C@H]2[C@@H]3[C@H](OS(C)(=O)=O)C[C@@H]4CCCC[C@]4(C)[C@H]3C[C@H](OS(C)(=O)=O)[C@]12C. The molecular weight excluding hydrogens is 516 g/mol. The van der Waals surface area contributed by atoms with Gasteiger partial charge >= 0.3 is 5.97 Å². The highest BCUT2D eigenvalue weighted by molar-refractivity contribution is 7.86. The molecule has 0 bridgehead atoms. The molecule has 0 amide bonds. The van der Waals surface area contributed by atoms with Crippen molar-refractivity contribution in [2.45, 2.75) is 97.2 Å². The van der Waals surface area contributed by atoms with Crippen LogP contribution in [0.15, 0.2) is 0 Å². The molecule has 4 aliphatic carbocycles. The smallest absolute Gasteiger partial charge is 0.305 e. The minimum atomic E-state index is -3.71. The fourth-order valence-electron chi connectivity index (χ4n) is 9.46. The van der Waals surface area contributed by atoms with E-state index in [1.807, 2.05) is 0 Å². The van der Waals surface area contributed by atoms with Crippen LogP contribution < -0.4 is 0 Å². The van der Waals surface area contributed by atoms with Crippen LogP contribution in [0.25, 0.3) is 0 Å². The van der Waals surface area contributed by atoms with Gasteiger partial charge in [0.2, 0.25) is 0 Å². The standard InChI is InChI=1S/C27H46O8S2/c1-17(10-13-24(28)33-4)19-11-12-20-25-21(16-23(27(19,20)3)35-37(6,31)32)26(2)14-8-7-9-18(26)15-22(25)34-36(5,29)30/h17-23,25H,7-16H2,1-6H3/t17-,18+,19-,20+,21+,22-,23+,25+,26+,27-/m1/s1. The van der Waals surface area contributed by atoms with Crippen molar-refractivity contribution in [1.82, 2.24) is 0 Å². The van der Waals surface area contributed by atoms with Crippen LogP contribution >= 0.6 is 0 Å². The first-order valence-electron chi connectivity index (χ1n) is 13.9. The lowest BCUT2D eigenvalue weighted by molar-refractivity contribution is -0.189. The van der Waals surface area contributed by atoms with Gasteiger partial charge < -0.3 is 4.74 Å². The molecule has 0 aliphatic heterocycles. The molecule has 0 spiro atoms. The second-order valence-electron chi connectivity index (χ2n) is 13.0. The highest BCUT2D eigenvalue weighted by Gasteiger charge is 2.67. The Hall–Kier alpha value is -0.710. The van der Waals surface area contributed by atoms with E-state index < -0.39 is 37.9 Å². The summed E-state index contributed by atoms with van der Waals surface area (Å²) in [5.74, 6) is 0.648. The van der Waals surface area contributed by atoms with Crippen molar-refractivity contribution in [1.29, 1.82) is 0 Å². The number of carbonyl (C=O) groups is 1. The highest BCUT2D eigenvalue weighted by Crippen LogP contribution is 2.69. The molecule has 0 aromatic heterocycles. The van der Waals surface area contributed by atoms with E-state index in [4.69, 9.17) is 13.1 Å². The van der Waals surface area contributed by atoms with Crippen molar-refractivity contribution in [3.8, 4) is 0 Å². The van der Waals surface area contributed by atoms with E-state index in [1.165, 1.54) is 7.11 Å². The molecule has 0 radical (unpaired) electrons. The Balaban J connectivity index is 1.76. The first-order chi connectivity index (χ1) is 17.1. The van der Waals surface area contributed by atoms with E-state index in [0.717, 1.165) is 57.5 Å². The van der Waals surface area contributed by atoms with E-state index in [2.05, 4.69) is 20.8 Å². The summed E-state index contributed by atoms with van der Waals surface area (Å²) in [4.78, 5) is 11.9. The van der Waals surface area contributed by atoms with Crippen LogP contribution in [0.2, 0.25) is 0 Å². The average Bonchev–Trinajstić information content (AvgIpc) is 3.14. The normalized spacial score (nSPS) is 42.8. The number of esters is 1. The molecule has 214 valence electrons. The summed E-state index contributed by atoms with van der Waals surface area (Å²) in [7, 11) is -5.97. The largest absolute Gasteiger partial charge is 0.469 e. The van der Waals surface area contributed by atoms with Gasteiger partial charge in [-0.15, -0.1) is 0 Å². The minimum absolute atomic E-state index is 0.00924. The second-order valence-corrected chi connectivity index (χ2v) is 16.2. The Kier molecular flexibility index (Phi) is 8.20. The summed E-state index contributed by atoms with van der Waals surface area (Å²) in [6.45, 7) is 6.63. The number of hydrogen-bond donors (Lipinski definition) is 0. The number of ether oxygens (including phenoxy) is 1. The fraction of sp³-hybridized carbons (Fsp3) is 0.963. The molecule has 0 aromatic rings. The molecule has 10 atom stereocenters. The van der Waals surface area contributed by atoms with E-state index in [9.17, 15) is 21.6 Å². The fourth-order valence-corrected chi connectivity index (χ4v) is 10.8. The predicted octanol–water partition coefficient (Wildman–Crippen LogP) is 4.53. The molecule has 0 unspecified atom stereocenters. The Morgan fingerprint density at radius 2 is 1.62 bits per heavy atom. The van der Waals surface area contributed by atoms with E-state index in [0.29, 0.717) is 25.2 Å². The quantitative estimate of drug-likeness (QED) is 0.313. The zero-order valence-electron chi connectivity index (χ0n) is 23.3. The number of rotatable bonds is 8. The number of carbonyl (C=O) groups excluding carboxylic acids is 1. The first kappa shape index (κ1) is 29.3. The van der Waals surface area contributed by atoms with E-state index >= 15 is 0 Å². The average molecular weight is 563 g/mol. The van der Waals surface area contributed by atoms with Gasteiger partial charge in [-0.25, -0.2) is 0 Å². The van der Waals surface area contributed by atoms with Crippen LogP contribution in [-0.2, 0) is 38.1 Å². The molecule has 10 heteroatoms. The minimum Gasteiger partial charge on any atom is -0.469 e. The van der Waals surface area contributed by atoms with Gasteiger partial charge in [-0.05, 0) is 85.9 Å². The van der Waals surface area contributed by atoms with Gasteiger partial charge in [0.1, 0.15) is 0 Å². The number of hydrogen-bond acceptors (Lipinski definition) is 8. The maximum Gasteiger partial charge on any atom is 0.305 e. The van der Waals surface area contributed by atoms with E-state index in [1.54, 1.807) is 0 Å². The van der Waals surface area contributed by atoms with Crippen LogP contribution in [0, 0.1) is 46.3 Å². The van der Waals surface area contributed by atoms with Gasteiger partial charge in [-0.3, -0.25) is 13.2 Å². The lowest BCUT2D eigenvalue weighted by Gasteiger charge is -2.64. The third-order valence-electron chi connectivity index (χ3n) is 11.0. The zero-order chi connectivity index (χ0) is 27.4. The second kappa shape index (κ2) is 10.4. The van der Waals surface area contributed by atoms with Crippen LogP contribution in [0.4, 0.5) is 0 Å². The molecule has 0 saturated heterocycles. The molecule has 4 rings (SSSR count). The highest BCUT2D eigenvalue weighted by atomic mass is 32.2. The molecule has 4 saturated carbocycles. The van der Waals surface area contributed by atoms with Crippen molar-refractivity contribution in [3.63, 3.8) is 0 Å². The number of methoxy groups -OCH3 is 1. The third-order valence-corrected chi connectivity index (χ3v) is 12.2. The number of fused-ring (bicyclic) bond motifs is 5. The van der Waals surface area contributed by atoms with Gasteiger partial charge in [-0.1, -0.05) is 33.6 Å². The molecule has 0 heterocycles. The van der Waals surface area contributed by atoms with E-state index in [-0.39, 0.29) is 41.0 Å². The summed E-state index contributed by atoms with van der Waals surface area (Å²) < 4.78 is 66.6. The molecule has 4 aliphatic rings. The summed E-state index contributed by atoms with van der Waals surface area (Å²) in [6, 6.07) is 0. The Morgan fingerprint density at radius 3 is 2.24 bits per heavy atom. The summed E-state index contributed by atoms with van der Waals surface area (Å²) in [6.07, 6.45) is 9.83. The molecule has 0 N–H and O–H groups in total. The van der Waals surface area contributed by atoms with Gasteiger partial charge in [0.15, 0.2) is 0 Å². The van der Waals surface area contributed by atoms with Gasteiger partial charge in [0, 0.05) is 11.8 Å². The molecule has 4 fully saturated rings. The van der Waals surface area contributed by atoms with Gasteiger partial charge in [0.05, 0.1) is 31.8 Å². The lowest BCUT2D eigenvalue weighted by Crippen LogP contribution is -2.63. The summed E-state index contributed by atoms with van der Waals surface area (Å²) in [5, 5.41) is 0. The van der Waals surface area contributed by atoms with Crippen molar-refractivity contribution in [3.05, 3.63) is 0 Å². The van der Waals surface area contributed by atoms with Crippen molar-refractivity contribution < 1.29 is 34.7 Å². The zero-order valence-corrected chi connectivity index (χ0v) is 24.9. The molecule has 0 aromatic carbocycles. The lowest BCUT2D eigenvalue weighted by atomic mass is 9.43.